The molecule has 0 aliphatic carbocycles. The maximum atomic E-state index is 5.52. The summed E-state index contributed by atoms with van der Waals surface area (Å²) in [4.78, 5) is 6.68. The van der Waals surface area contributed by atoms with Crippen LogP contribution in [0.25, 0.3) is 0 Å². The molecule has 1 aromatic rings. The fourth-order valence-electron chi connectivity index (χ4n) is 1.63. The van der Waals surface area contributed by atoms with Crippen molar-refractivity contribution in [2.75, 3.05) is 18.0 Å². The summed E-state index contributed by atoms with van der Waals surface area (Å²) in [5.74, 6) is 0. The summed E-state index contributed by atoms with van der Waals surface area (Å²) in [6, 6.07) is 4.12. The minimum Gasteiger partial charge on any atom is -0.370 e. The SMILES string of the molecule is CCCN(CCC)c1ccc(CN)nc1. The van der Waals surface area contributed by atoms with Crippen LogP contribution < -0.4 is 10.6 Å². The first-order valence-corrected chi connectivity index (χ1v) is 5.71. The third kappa shape index (κ3) is 3.51. The van der Waals surface area contributed by atoms with Crippen molar-refractivity contribution in [3.8, 4) is 0 Å². The minimum atomic E-state index is 0.516. The van der Waals surface area contributed by atoms with Crippen LogP contribution in [-0.2, 0) is 6.54 Å². The molecule has 0 radical (unpaired) electrons. The lowest BCUT2D eigenvalue weighted by Crippen LogP contribution is -2.25. The van der Waals surface area contributed by atoms with Crippen LogP contribution in [0.2, 0.25) is 0 Å². The van der Waals surface area contributed by atoms with Crippen LogP contribution >= 0.6 is 0 Å². The molecule has 3 heteroatoms. The molecule has 0 aromatic carbocycles. The number of hydrogen-bond donors (Lipinski definition) is 1. The Morgan fingerprint density at radius 3 is 2.27 bits per heavy atom. The van der Waals surface area contributed by atoms with Crippen molar-refractivity contribution in [2.45, 2.75) is 33.2 Å². The lowest BCUT2D eigenvalue weighted by molar-refractivity contribution is 0.742. The number of pyridine rings is 1. The van der Waals surface area contributed by atoms with Crippen LogP contribution in [0.3, 0.4) is 0 Å². The van der Waals surface area contributed by atoms with Gasteiger partial charge in [-0.05, 0) is 25.0 Å². The zero-order valence-electron chi connectivity index (χ0n) is 9.74. The lowest BCUT2D eigenvalue weighted by Gasteiger charge is -2.23. The van der Waals surface area contributed by atoms with E-state index in [1.54, 1.807) is 0 Å². The number of anilines is 1. The van der Waals surface area contributed by atoms with Crippen LogP contribution in [0.4, 0.5) is 5.69 Å². The molecule has 3 nitrogen and oxygen atoms in total. The topological polar surface area (TPSA) is 42.1 Å². The van der Waals surface area contributed by atoms with E-state index in [4.69, 9.17) is 5.73 Å². The number of hydrogen-bond acceptors (Lipinski definition) is 3. The van der Waals surface area contributed by atoms with Gasteiger partial charge in [0.05, 0.1) is 17.6 Å². The maximum Gasteiger partial charge on any atom is 0.0552 e. The highest BCUT2D eigenvalue weighted by molar-refractivity contribution is 5.44. The number of aromatic nitrogens is 1. The van der Waals surface area contributed by atoms with Gasteiger partial charge in [-0.25, -0.2) is 0 Å². The Hall–Kier alpha value is -1.09. The molecule has 84 valence electrons. The van der Waals surface area contributed by atoms with Crippen molar-refractivity contribution in [1.82, 2.24) is 4.98 Å². The van der Waals surface area contributed by atoms with Gasteiger partial charge in [-0.2, -0.15) is 0 Å². The van der Waals surface area contributed by atoms with E-state index in [-0.39, 0.29) is 0 Å². The quantitative estimate of drug-likeness (QED) is 0.777. The largest absolute Gasteiger partial charge is 0.370 e. The van der Waals surface area contributed by atoms with Crippen molar-refractivity contribution in [3.63, 3.8) is 0 Å². The molecule has 1 rings (SSSR count). The van der Waals surface area contributed by atoms with E-state index in [2.05, 4.69) is 29.8 Å². The average molecular weight is 207 g/mol. The Labute approximate surface area is 92.3 Å². The molecule has 0 bridgehead atoms. The molecule has 2 N–H and O–H groups in total. The monoisotopic (exact) mass is 207 g/mol. The summed E-state index contributed by atoms with van der Waals surface area (Å²) >= 11 is 0. The van der Waals surface area contributed by atoms with E-state index in [1.807, 2.05) is 12.3 Å². The van der Waals surface area contributed by atoms with Gasteiger partial charge < -0.3 is 10.6 Å². The van der Waals surface area contributed by atoms with E-state index < -0.39 is 0 Å². The summed E-state index contributed by atoms with van der Waals surface area (Å²) in [7, 11) is 0. The highest BCUT2D eigenvalue weighted by Crippen LogP contribution is 2.13. The fraction of sp³-hybridized carbons (Fsp3) is 0.583. The van der Waals surface area contributed by atoms with Crippen molar-refractivity contribution < 1.29 is 0 Å². The second-order valence-electron chi connectivity index (χ2n) is 3.70. The Bertz CT molecular complexity index is 263. The molecule has 0 saturated carbocycles. The van der Waals surface area contributed by atoms with E-state index in [0.29, 0.717) is 6.54 Å². The van der Waals surface area contributed by atoms with Crippen LogP contribution in [0, 0.1) is 0 Å². The van der Waals surface area contributed by atoms with Gasteiger partial charge >= 0.3 is 0 Å². The van der Waals surface area contributed by atoms with Crippen LogP contribution in [0.5, 0.6) is 0 Å². The molecular weight excluding hydrogens is 186 g/mol. The van der Waals surface area contributed by atoms with Gasteiger partial charge in [0, 0.05) is 19.6 Å². The van der Waals surface area contributed by atoms with Crippen molar-refractivity contribution in [1.29, 1.82) is 0 Å². The molecular formula is C12H21N3. The van der Waals surface area contributed by atoms with Gasteiger partial charge in [0.2, 0.25) is 0 Å². The standard InChI is InChI=1S/C12H21N3/c1-3-7-15(8-4-2)12-6-5-11(9-13)14-10-12/h5-6,10H,3-4,7-9,13H2,1-2H3. The predicted octanol–water partition coefficient (Wildman–Crippen LogP) is 2.17. The van der Waals surface area contributed by atoms with Crippen LogP contribution in [-0.4, -0.2) is 18.1 Å². The molecule has 0 unspecified atom stereocenters. The Morgan fingerprint density at radius 2 is 1.87 bits per heavy atom. The van der Waals surface area contributed by atoms with Gasteiger partial charge in [-0.15, -0.1) is 0 Å². The van der Waals surface area contributed by atoms with E-state index in [0.717, 1.165) is 18.8 Å². The second kappa shape index (κ2) is 6.40. The van der Waals surface area contributed by atoms with Crippen molar-refractivity contribution >= 4 is 5.69 Å². The zero-order chi connectivity index (χ0) is 11.1. The van der Waals surface area contributed by atoms with Crippen LogP contribution in [0.15, 0.2) is 18.3 Å². The van der Waals surface area contributed by atoms with Crippen LogP contribution in [0.1, 0.15) is 32.4 Å². The van der Waals surface area contributed by atoms with Gasteiger partial charge in [0.25, 0.3) is 0 Å². The maximum absolute atomic E-state index is 5.52. The molecule has 0 aliphatic rings. The Balaban J connectivity index is 2.72. The third-order valence-corrected chi connectivity index (χ3v) is 2.37. The first kappa shape index (κ1) is 12.0. The molecule has 0 fully saturated rings. The average Bonchev–Trinajstić information content (AvgIpc) is 2.29. The molecule has 0 spiro atoms. The summed E-state index contributed by atoms with van der Waals surface area (Å²) < 4.78 is 0. The molecule has 0 saturated heterocycles. The van der Waals surface area contributed by atoms with Crippen molar-refractivity contribution in [2.24, 2.45) is 5.73 Å². The molecule has 1 heterocycles. The third-order valence-electron chi connectivity index (χ3n) is 2.37. The first-order valence-electron chi connectivity index (χ1n) is 5.71. The Morgan fingerprint density at radius 1 is 1.20 bits per heavy atom. The molecule has 15 heavy (non-hydrogen) atoms. The number of nitrogens with two attached hydrogens (primary N) is 1. The lowest BCUT2D eigenvalue weighted by atomic mass is 10.2. The van der Waals surface area contributed by atoms with Crippen molar-refractivity contribution in [3.05, 3.63) is 24.0 Å². The van der Waals surface area contributed by atoms with Gasteiger partial charge in [-0.1, -0.05) is 13.8 Å². The molecule has 0 aliphatic heterocycles. The number of rotatable bonds is 6. The highest BCUT2D eigenvalue weighted by Gasteiger charge is 2.04. The van der Waals surface area contributed by atoms with Gasteiger partial charge in [0.15, 0.2) is 0 Å². The van der Waals surface area contributed by atoms with E-state index in [9.17, 15) is 0 Å². The number of nitrogens with zero attached hydrogens (tertiary/aromatic N) is 2. The summed E-state index contributed by atoms with van der Waals surface area (Å²) in [6.45, 7) is 7.10. The smallest absolute Gasteiger partial charge is 0.0552 e. The minimum absolute atomic E-state index is 0.516. The fourth-order valence-corrected chi connectivity index (χ4v) is 1.63. The van der Waals surface area contributed by atoms with Gasteiger partial charge in [0.1, 0.15) is 0 Å². The Kier molecular flexibility index (Phi) is 5.12. The summed E-state index contributed by atoms with van der Waals surface area (Å²) in [5.41, 5.74) is 7.67. The van der Waals surface area contributed by atoms with E-state index in [1.165, 1.54) is 18.5 Å². The van der Waals surface area contributed by atoms with Gasteiger partial charge in [-0.3, -0.25) is 4.98 Å². The highest BCUT2D eigenvalue weighted by atomic mass is 15.1. The first-order chi connectivity index (χ1) is 7.31. The molecule has 0 atom stereocenters. The van der Waals surface area contributed by atoms with E-state index >= 15 is 0 Å². The second-order valence-corrected chi connectivity index (χ2v) is 3.70. The predicted molar refractivity (Wildman–Crippen MR) is 64.9 cm³/mol. The molecule has 0 amide bonds. The molecule has 1 aromatic heterocycles. The zero-order valence-corrected chi connectivity index (χ0v) is 9.74. The summed E-state index contributed by atoms with van der Waals surface area (Å²) in [6.07, 6.45) is 4.25. The summed E-state index contributed by atoms with van der Waals surface area (Å²) in [5, 5.41) is 0. The normalized spacial score (nSPS) is 10.3.